The number of aromatic nitrogens is 3. The molecule has 0 fully saturated rings. The first-order valence-corrected chi connectivity index (χ1v) is 7.76. The van der Waals surface area contributed by atoms with Gasteiger partial charge in [-0.15, -0.1) is 0 Å². The SMILES string of the molecule is CC.OCCc1ccc(-c2cnc3c(Br)cnn3c2)cc1. The highest BCUT2D eigenvalue weighted by molar-refractivity contribution is 9.10. The van der Waals surface area contributed by atoms with Crippen LogP contribution in [0.2, 0.25) is 0 Å². The molecule has 0 aliphatic heterocycles. The molecule has 110 valence electrons. The summed E-state index contributed by atoms with van der Waals surface area (Å²) in [7, 11) is 0. The van der Waals surface area contributed by atoms with Gasteiger partial charge < -0.3 is 5.11 Å². The Labute approximate surface area is 132 Å². The van der Waals surface area contributed by atoms with Crippen LogP contribution >= 0.6 is 15.9 Å². The maximum atomic E-state index is 8.90. The Morgan fingerprint density at radius 1 is 1.10 bits per heavy atom. The van der Waals surface area contributed by atoms with Crippen molar-refractivity contribution in [1.82, 2.24) is 14.6 Å². The van der Waals surface area contributed by atoms with Crippen molar-refractivity contribution in [1.29, 1.82) is 0 Å². The minimum absolute atomic E-state index is 0.175. The van der Waals surface area contributed by atoms with Crippen LogP contribution in [0.4, 0.5) is 0 Å². The fraction of sp³-hybridized carbons (Fsp3) is 0.250. The second kappa shape index (κ2) is 7.33. The zero-order valence-corrected chi connectivity index (χ0v) is 13.7. The standard InChI is InChI=1S/C14H12BrN3O.C2H6/c15-13-8-17-18-9-12(7-16-14(13)18)11-3-1-10(2-4-11)5-6-19;1-2/h1-4,7-9,19H,5-6H2;1-2H3. The first-order valence-electron chi connectivity index (χ1n) is 6.97. The van der Waals surface area contributed by atoms with Gasteiger partial charge in [0.1, 0.15) is 0 Å². The summed E-state index contributed by atoms with van der Waals surface area (Å²) in [4.78, 5) is 4.39. The second-order valence-electron chi connectivity index (χ2n) is 4.27. The topological polar surface area (TPSA) is 50.4 Å². The first kappa shape index (κ1) is 15.7. The van der Waals surface area contributed by atoms with Crippen molar-refractivity contribution in [3.05, 3.63) is 52.9 Å². The molecule has 0 unspecified atom stereocenters. The summed E-state index contributed by atoms with van der Waals surface area (Å²) in [5.41, 5.74) is 4.03. The predicted molar refractivity (Wildman–Crippen MR) is 88.3 cm³/mol. The van der Waals surface area contributed by atoms with Crippen molar-refractivity contribution in [2.75, 3.05) is 6.61 Å². The van der Waals surface area contributed by atoms with Crippen LogP contribution in [0.3, 0.4) is 0 Å². The van der Waals surface area contributed by atoms with E-state index in [2.05, 4.69) is 26.0 Å². The van der Waals surface area contributed by atoms with Gasteiger partial charge in [0.05, 0.1) is 10.7 Å². The molecule has 4 nitrogen and oxygen atoms in total. The Morgan fingerprint density at radius 2 is 1.81 bits per heavy atom. The quantitative estimate of drug-likeness (QED) is 0.785. The number of rotatable bonds is 3. The molecule has 0 amide bonds. The number of aliphatic hydroxyl groups is 1. The Kier molecular flexibility index (Phi) is 5.47. The molecule has 0 saturated heterocycles. The number of halogens is 1. The highest BCUT2D eigenvalue weighted by Gasteiger charge is 2.05. The molecule has 0 bridgehead atoms. The smallest absolute Gasteiger partial charge is 0.169 e. The highest BCUT2D eigenvalue weighted by atomic mass is 79.9. The Morgan fingerprint density at radius 3 is 2.48 bits per heavy atom. The maximum absolute atomic E-state index is 8.90. The molecule has 21 heavy (non-hydrogen) atoms. The molecule has 5 heteroatoms. The van der Waals surface area contributed by atoms with Crippen LogP contribution in [-0.2, 0) is 6.42 Å². The van der Waals surface area contributed by atoms with Crippen LogP contribution in [0.1, 0.15) is 19.4 Å². The minimum Gasteiger partial charge on any atom is -0.396 e. The van der Waals surface area contributed by atoms with Gasteiger partial charge in [-0.25, -0.2) is 9.50 Å². The Balaban J connectivity index is 0.000000774. The van der Waals surface area contributed by atoms with Gasteiger partial charge in [-0.2, -0.15) is 5.10 Å². The maximum Gasteiger partial charge on any atom is 0.169 e. The minimum atomic E-state index is 0.175. The molecule has 2 aromatic heterocycles. The third-order valence-corrected chi connectivity index (χ3v) is 3.56. The molecule has 0 spiro atoms. The number of nitrogens with zero attached hydrogens (tertiary/aromatic N) is 3. The molecule has 2 heterocycles. The largest absolute Gasteiger partial charge is 0.396 e. The summed E-state index contributed by atoms with van der Waals surface area (Å²) >= 11 is 3.40. The van der Waals surface area contributed by atoms with E-state index in [1.54, 1.807) is 10.7 Å². The summed E-state index contributed by atoms with van der Waals surface area (Å²) < 4.78 is 2.64. The van der Waals surface area contributed by atoms with E-state index in [1.165, 1.54) is 0 Å². The van der Waals surface area contributed by atoms with Crippen LogP contribution in [0.15, 0.2) is 47.3 Å². The molecular weight excluding hydrogens is 330 g/mol. The zero-order chi connectivity index (χ0) is 15.2. The van der Waals surface area contributed by atoms with E-state index in [0.29, 0.717) is 6.42 Å². The molecule has 0 radical (unpaired) electrons. The number of hydrogen-bond donors (Lipinski definition) is 1. The van der Waals surface area contributed by atoms with Crippen LogP contribution in [0, 0.1) is 0 Å². The Bertz CT molecular complexity index is 707. The predicted octanol–water partition coefficient (Wildman–Crippen LogP) is 3.72. The monoisotopic (exact) mass is 347 g/mol. The van der Waals surface area contributed by atoms with Crippen molar-refractivity contribution in [2.45, 2.75) is 20.3 Å². The van der Waals surface area contributed by atoms with Gasteiger partial charge in [0, 0.05) is 24.6 Å². The number of fused-ring (bicyclic) bond motifs is 1. The van der Waals surface area contributed by atoms with E-state index in [0.717, 1.165) is 26.8 Å². The van der Waals surface area contributed by atoms with Crippen LogP contribution in [0.25, 0.3) is 16.8 Å². The van der Waals surface area contributed by atoms with E-state index >= 15 is 0 Å². The fourth-order valence-electron chi connectivity index (χ4n) is 1.99. The normalized spacial score (nSPS) is 10.3. The molecule has 0 aliphatic carbocycles. The first-order chi connectivity index (χ1) is 10.3. The summed E-state index contributed by atoms with van der Waals surface area (Å²) in [6.07, 6.45) is 6.21. The van der Waals surface area contributed by atoms with Crippen LogP contribution in [0.5, 0.6) is 0 Å². The fourth-order valence-corrected chi connectivity index (χ4v) is 2.36. The summed E-state index contributed by atoms with van der Waals surface area (Å²) in [6, 6.07) is 8.11. The third-order valence-electron chi connectivity index (χ3n) is 3.00. The number of aliphatic hydroxyl groups excluding tert-OH is 1. The van der Waals surface area contributed by atoms with Gasteiger partial charge in [-0.05, 0) is 33.5 Å². The van der Waals surface area contributed by atoms with Crippen molar-refractivity contribution >= 4 is 21.6 Å². The Hall–Kier alpha value is -1.72. The van der Waals surface area contributed by atoms with Crippen molar-refractivity contribution in [2.24, 2.45) is 0 Å². The van der Waals surface area contributed by atoms with E-state index in [-0.39, 0.29) is 6.61 Å². The van der Waals surface area contributed by atoms with Crippen LogP contribution < -0.4 is 0 Å². The average Bonchev–Trinajstić information content (AvgIpc) is 2.91. The lowest BCUT2D eigenvalue weighted by atomic mass is 10.1. The molecule has 0 aliphatic rings. The summed E-state index contributed by atoms with van der Waals surface area (Å²) in [5.74, 6) is 0. The van der Waals surface area contributed by atoms with Crippen molar-refractivity contribution < 1.29 is 5.11 Å². The van der Waals surface area contributed by atoms with E-state index < -0.39 is 0 Å². The van der Waals surface area contributed by atoms with Gasteiger partial charge in [-0.3, -0.25) is 0 Å². The van der Waals surface area contributed by atoms with Crippen LogP contribution in [-0.4, -0.2) is 26.3 Å². The average molecular weight is 348 g/mol. The third kappa shape index (κ3) is 3.49. The van der Waals surface area contributed by atoms with E-state index in [4.69, 9.17) is 5.11 Å². The molecule has 1 N–H and O–H groups in total. The van der Waals surface area contributed by atoms with Gasteiger partial charge in [-0.1, -0.05) is 38.1 Å². The van der Waals surface area contributed by atoms with Crippen molar-refractivity contribution in [3.8, 4) is 11.1 Å². The molecular formula is C16H18BrN3O. The van der Waals surface area contributed by atoms with E-state index in [9.17, 15) is 0 Å². The molecule has 0 saturated carbocycles. The highest BCUT2D eigenvalue weighted by Crippen LogP contribution is 2.22. The molecule has 1 aromatic carbocycles. The van der Waals surface area contributed by atoms with Gasteiger partial charge >= 0.3 is 0 Å². The van der Waals surface area contributed by atoms with Gasteiger partial charge in [0.15, 0.2) is 5.65 Å². The molecule has 3 aromatic rings. The van der Waals surface area contributed by atoms with Crippen molar-refractivity contribution in [3.63, 3.8) is 0 Å². The lowest BCUT2D eigenvalue weighted by Gasteiger charge is -2.04. The molecule has 3 rings (SSSR count). The van der Waals surface area contributed by atoms with Gasteiger partial charge in [0.25, 0.3) is 0 Å². The summed E-state index contributed by atoms with van der Waals surface area (Å²) in [5, 5.41) is 13.1. The zero-order valence-electron chi connectivity index (χ0n) is 12.1. The summed E-state index contributed by atoms with van der Waals surface area (Å²) in [6.45, 7) is 4.17. The van der Waals surface area contributed by atoms with E-state index in [1.807, 2.05) is 50.5 Å². The lowest BCUT2D eigenvalue weighted by molar-refractivity contribution is 0.299. The second-order valence-corrected chi connectivity index (χ2v) is 5.13. The molecule has 0 atom stereocenters. The number of benzene rings is 1. The number of hydrogen-bond acceptors (Lipinski definition) is 3. The lowest BCUT2D eigenvalue weighted by Crippen LogP contribution is -1.93. The van der Waals surface area contributed by atoms with Gasteiger partial charge in [0.2, 0.25) is 0 Å².